The highest BCUT2D eigenvalue weighted by Crippen LogP contribution is 2.27. The van der Waals surface area contributed by atoms with E-state index in [4.69, 9.17) is 9.84 Å². The minimum Gasteiger partial charge on any atom is -0.466 e. The van der Waals surface area contributed by atoms with Gasteiger partial charge in [-0.3, -0.25) is 14.3 Å². The van der Waals surface area contributed by atoms with Crippen molar-refractivity contribution in [2.45, 2.75) is 24.9 Å². The topological polar surface area (TPSA) is 131 Å². The number of ether oxygens (including phenoxy) is 2. The lowest BCUT2D eigenvalue weighted by molar-refractivity contribution is -0.134. The van der Waals surface area contributed by atoms with Gasteiger partial charge < -0.3 is 19.7 Å². The van der Waals surface area contributed by atoms with Crippen LogP contribution in [0.2, 0.25) is 0 Å². The van der Waals surface area contributed by atoms with E-state index >= 15 is 0 Å². The number of aliphatic hydroxyl groups is 2. The number of H-pyrrole nitrogens is 1. The summed E-state index contributed by atoms with van der Waals surface area (Å²) >= 11 is 0. The predicted octanol–water partition coefficient (Wildman–Crippen LogP) is -1.64. The van der Waals surface area contributed by atoms with Crippen molar-refractivity contribution in [1.29, 1.82) is 0 Å². The number of rotatable bonds is 4. The number of aliphatic hydroxyl groups excluding tert-OH is 2. The minimum absolute atomic E-state index is 0.0514. The molecule has 1 aromatic rings. The first-order chi connectivity index (χ1) is 10.5. The third kappa shape index (κ3) is 3.32. The Morgan fingerprint density at radius 1 is 1.59 bits per heavy atom. The summed E-state index contributed by atoms with van der Waals surface area (Å²) in [6.45, 7) is -0.384. The summed E-state index contributed by atoms with van der Waals surface area (Å²) < 4.78 is 10.9. The number of nitrogens with zero attached hydrogens (tertiary/aromatic N) is 1. The summed E-state index contributed by atoms with van der Waals surface area (Å²) in [7, 11) is 1.20. The van der Waals surface area contributed by atoms with Crippen molar-refractivity contribution in [1.82, 2.24) is 9.55 Å². The number of carbonyl (C=O) groups is 1. The zero-order valence-electron chi connectivity index (χ0n) is 11.8. The Hall–Kier alpha value is -2.23. The van der Waals surface area contributed by atoms with Gasteiger partial charge in [0.15, 0.2) is 0 Å². The lowest BCUT2D eigenvalue weighted by Gasteiger charge is -2.14. The maximum absolute atomic E-state index is 11.8. The average Bonchev–Trinajstić information content (AvgIpc) is 2.86. The van der Waals surface area contributed by atoms with Gasteiger partial charge in [0.2, 0.25) is 0 Å². The van der Waals surface area contributed by atoms with Crippen LogP contribution < -0.4 is 11.2 Å². The summed E-state index contributed by atoms with van der Waals surface area (Å²) in [5, 5.41) is 18.7. The van der Waals surface area contributed by atoms with Gasteiger partial charge in [-0.2, -0.15) is 0 Å². The third-order valence-electron chi connectivity index (χ3n) is 3.29. The number of aromatic nitrogens is 2. The summed E-state index contributed by atoms with van der Waals surface area (Å²) in [4.78, 5) is 36.7. The molecule has 2 heterocycles. The molecule has 0 amide bonds. The van der Waals surface area contributed by atoms with Gasteiger partial charge in [0.05, 0.1) is 25.4 Å². The first-order valence-corrected chi connectivity index (χ1v) is 6.52. The molecule has 1 aliphatic heterocycles. The lowest BCUT2D eigenvalue weighted by atomic mass is 10.2. The fraction of sp³-hybridized carbons (Fsp3) is 0.462. The van der Waals surface area contributed by atoms with Crippen molar-refractivity contribution in [3.05, 3.63) is 38.7 Å². The molecule has 3 N–H and O–H groups in total. The van der Waals surface area contributed by atoms with E-state index in [1.54, 1.807) is 0 Å². The van der Waals surface area contributed by atoms with Crippen LogP contribution in [0.4, 0.5) is 0 Å². The molecule has 1 fully saturated rings. The zero-order chi connectivity index (χ0) is 16.3. The second kappa shape index (κ2) is 6.69. The van der Waals surface area contributed by atoms with E-state index in [1.807, 2.05) is 0 Å². The molecule has 0 saturated carbocycles. The van der Waals surface area contributed by atoms with E-state index in [0.717, 1.165) is 10.6 Å². The standard InChI is InChI=1S/C13H16N2O7/c1-21-11(18)3-2-7-5-15(13(20)14-12(7)19)10-4-8(17)9(6-16)22-10/h2-3,5,8-10,16-17H,4,6H2,1H3,(H,14,19,20)/b3-2+/t8-,9?,10-/m1/s1. The predicted molar refractivity (Wildman–Crippen MR) is 74.0 cm³/mol. The van der Waals surface area contributed by atoms with Crippen LogP contribution in [0, 0.1) is 0 Å². The van der Waals surface area contributed by atoms with Crippen molar-refractivity contribution in [3.63, 3.8) is 0 Å². The van der Waals surface area contributed by atoms with Crippen LogP contribution in [0.1, 0.15) is 18.2 Å². The van der Waals surface area contributed by atoms with Gasteiger partial charge in [0, 0.05) is 18.7 Å². The second-order valence-corrected chi connectivity index (χ2v) is 4.72. The first kappa shape index (κ1) is 16.1. The van der Waals surface area contributed by atoms with Crippen molar-refractivity contribution in [2.24, 2.45) is 0 Å². The van der Waals surface area contributed by atoms with Gasteiger partial charge in [-0.05, 0) is 6.08 Å². The summed E-state index contributed by atoms with van der Waals surface area (Å²) in [5.41, 5.74) is -1.33. The van der Waals surface area contributed by atoms with Crippen LogP contribution in [0.15, 0.2) is 21.9 Å². The zero-order valence-corrected chi connectivity index (χ0v) is 11.8. The van der Waals surface area contributed by atoms with Gasteiger partial charge >= 0.3 is 11.7 Å². The molecule has 1 aliphatic rings. The molecular formula is C13H16N2O7. The van der Waals surface area contributed by atoms with Crippen LogP contribution in [0.5, 0.6) is 0 Å². The van der Waals surface area contributed by atoms with Crippen molar-refractivity contribution >= 4 is 12.0 Å². The Labute approximate surface area is 124 Å². The lowest BCUT2D eigenvalue weighted by Crippen LogP contribution is -2.33. The SMILES string of the molecule is COC(=O)/C=C/c1cn([C@H]2C[C@@H](O)C(CO)O2)c(=O)[nH]c1=O. The molecule has 0 radical (unpaired) electrons. The molecule has 0 aliphatic carbocycles. The molecule has 0 bridgehead atoms. The Kier molecular flexibility index (Phi) is 4.91. The van der Waals surface area contributed by atoms with E-state index in [2.05, 4.69) is 9.72 Å². The van der Waals surface area contributed by atoms with E-state index in [-0.39, 0.29) is 18.6 Å². The quantitative estimate of drug-likeness (QED) is 0.449. The Morgan fingerprint density at radius 2 is 2.32 bits per heavy atom. The van der Waals surface area contributed by atoms with Gasteiger partial charge in [-0.25, -0.2) is 9.59 Å². The average molecular weight is 312 g/mol. The number of esters is 1. The molecule has 1 saturated heterocycles. The number of methoxy groups -OCH3 is 1. The normalized spacial score (nSPS) is 24.8. The maximum Gasteiger partial charge on any atom is 0.330 e. The summed E-state index contributed by atoms with van der Waals surface area (Å²) in [6, 6.07) is 0. The summed E-state index contributed by atoms with van der Waals surface area (Å²) in [6.07, 6.45) is 1.03. The molecule has 22 heavy (non-hydrogen) atoms. The minimum atomic E-state index is -0.914. The number of nitrogens with one attached hydrogen (secondary N) is 1. The van der Waals surface area contributed by atoms with Gasteiger partial charge in [0.25, 0.3) is 5.56 Å². The first-order valence-electron chi connectivity index (χ1n) is 6.52. The molecular weight excluding hydrogens is 296 g/mol. The Morgan fingerprint density at radius 3 is 2.91 bits per heavy atom. The molecule has 9 nitrogen and oxygen atoms in total. The van der Waals surface area contributed by atoms with E-state index in [9.17, 15) is 19.5 Å². The van der Waals surface area contributed by atoms with Crippen LogP contribution in [-0.2, 0) is 14.3 Å². The largest absolute Gasteiger partial charge is 0.466 e. The smallest absolute Gasteiger partial charge is 0.330 e. The highest BCUT2D eigenvalue weighted by Gasteiger charge is 2.35. The fourth-order valence-corrected chi connectivity index (χ4v) is 2.11. The maximum atomic E-state index is 11.8. The molecule has 1 aromatic heterocycles. The molecule has 120 valence electrons. The second-order valence-electron chi connectivity index (χ2n) is 4.72. The van der Waals surface area contributed by atoms with E-state index in [0.29, 0.717) is 0 Å². The Balaban J connectivity index is 2.33. The van der Waals surface area contributed by atoms with Crippen LogP contribution >= 0.6 is 0 Å². The van der Waals surface area contributed by atoms with Crippen molar-refractivity contribution in [2.75, 3.05) is 13.7 Å². The Bertz CT molecular complexity index is 690. The molecule has 1 unspecified atom stereocenters. The van der Waals surface area contributed by atoms with Gasteiger partial charge in [-0.1, -0.05) is 0 Å². The molecule has 3 atom stereocenters. The van der Waals surface area contributed by atoms with E-state index < -0.39 is 35.7 Å². The van der Waals surface area contributed by atoms with E-state index in [1.165, 1.54) is 19.4 Å². The van der Waals surface area contributed by atoms with Crippen LogP contribution in [-0.4, -0.2) is 51.7 Å². The number of carbonyl (C=O) groups excluding carboxylic acids is 1. The fourth-order valence-electron chi connectivity index (χ4n) is 2.11. The third-order valence-corrected chi connectivity index (χ3v) is 3.29. The molecule has 2 rings (SSSR count). The highest BCUT2D eigenvalue weighted by molar-refractivity contribution is 5.86. The molecule has 0 spiro atoms. The van der Waals surface area contributed by atoms with Crippen molar-refractivity contribution < 1.29 is 24.5 Å². The van der Waals surface area contributed by atoms with Crippen LogP contribution in [0.3, 0.4) is 0 Å². The molecule has 9 heteroatoms. The van der Waals surface area contributed by atoms with Gasteiger partial charge in [-0.15, -0.1) is 0 Å². The number of hydrogen-bond donors (Lipinski definition) is 3. The van der Waals surface area contributed by atoms with Crippen molar-refractivity contribution in [3.8, 4) is 0 Å². The molecule has 0 aromatic carbocycles. The van der Waals surface area contributed by atoms with Gasteiger partial charge in [0.1, 0.15) is 12.3 Å². The number of aromatic amines is 1. The number of hydrogen-bond acceptors (Lipinski definition) is 7. The highest BCUT2D eigenvalue weighted by atomic mass is 16.5. The summed E-state index contributed by atoms with van der Waals surface area (Å²) in [5.74, 6) is -0.648. The monoisotopic (exact) mass is 312 g/mol. The van der Waals surface area contributed by atoms with Crippen LogP contribution in [0.25, 0.3) is 6.08 Å².